The van der Waals surface area contributed by atoms with E-state index in [9.17, 15) is 115 Å². The highest BCUT2D eigenvalue weighted by molar-refractivity contribution is 7.20. The van der Waals surface area contributed by atoms with Crippen LogP contribution in [0.3, 0.4) is 0 Å². The molecule has 0 aliphatic heterocycles. The van der Waals surface area contributed by atoms with Gasteiger partial charge in [0.25, 0.3) is 5.69 Å². The summed E-state index contributed by atoms with van der Waals surface area (Å²) < 4.78 is 343. The van der Waals surface area contributed by atoms with Crippen molar-refractivity contribution in [3.05, 3.63) is 212 Å². The summed E-state index contributed by atoms with van der Waals surface area (Å²) in [4.78, 5) is 10.5. The van der Waals surface area contributed by atoms with E-state index in [2.05, 4.69) is 16.7 Å². The molecule has 4 nitrogen and oxygen atoms in total. The fraction of sp³-hybridized carbons (Fsp3) is 0.180. The second-order valence-electron chi connectivity index (χ2n) is 17.3. The summed E-state index contributed by atoms with van der Waals surface area (Å²) in [5.41, 5.74) is -27.0. The molecule has 0 amide bonds. The zero-order valence-corrected chi connectivity index (χ0v) is 38.5. The minimum Gasteiger partial charge on any atom is -0.258 e. The minimum absolute atomic E-state index is 0.110. The van der Waals surface area contributed by atoms with Gasteiger partial charge in [0.05, 0.1) is 49.4 Å². The van der Waals surface area contributed by atoms with Gasteiger partial charge in [-0.1, -0.05) is 91.0 Å². The molecule has 29 heteroatoms. The van der Waals surface area contributed by atoms with Crippen molar-refractivity contribution in [3.63, 3.8) is 0 Å². The van der Waals surface area contributed by atoms with Gasteiger partial charge in [0.2, 0.25) is 0 Å². The monoisotopic (exact) mass is 1150 g/mol. The lowest BCUT2D eigenvalue weighted by Gasteiger charge is -2.46. The van der Waals surface area contributed by atoms with Crippen LogP contribution in [-0.4, -0.2) is 11.1 Å². The second kappa shape index (κ2) is 21.1. The number of rotatable bonds is 8. The van der Waals surface area contributed by atoms with E-state index in [0.717, 1.165) is 17.7 Å². The summed E-state index contributed by atoms with van der Waals surface area (Å²) in [5.74, 6) is 0. The van der Waals surface area contributed by atoms with Crippen LogP contribution in [-0.2, 0) is 56.0 Å². The van der Waals surface area contributed by atoms with E-state index < -0.39 is 195 Å². The highest BCUT2D eigenvalue weighted by atomic mass is 19.4. The van der Waals surface area contributed by atoms with Crippen LogP contribution in [0.25, 0.3) is 11.1 Å². The maximum atomic E-state index is 14.2. The predicted octanol–water partition coefficient (Wildman–Crippen LogP) is 14.8. The zero-order chi connectivity index (χ0) is 59.3. The second-order valence-corrected chi connectivity index (χ2v) is 17.3. The first-order valence-corrected chi connectivity index (χ1v) is 21.6. The van der Waals surface area contributed by atoms with Crippen molar-refractivity contribution in [3.8, 4) is 11.1 Å². The third kappa shape index (κ3) is 14.1. The Bertz CT molecular complexity index is 2900. The van der Waals surface area contributed by atoms with E-state index in [-0.39, 0.29) is 10.6 Å². The lowest BCUT2D eigenvalue weighted by molar-refractivity contribution is -0.688. The Morgan fingerprint density at radius 1 is 0.342 bits per heavy atom. The highest BCUT2D eigenvalue weighted by Crippen LogP contribution is 2.41. The molecule has 0 spiro atoms. The molecule has 0 fully saturated rings. The molecule has 420 valence electrons. The van der Waals surface area contributed by atoms with Crippen LogP contribution in [0.4, 0.5) is 111 Å². The van der Waals surface area contributed by atoms with Crippen LogP contribution in [0.2, 0.25) is 0 Å². The molecule has 0 aliphatic rings. The first-order chi connectivity index (χ1) is 36.0. The Morgan fingerprint density at radius 3 is 0.873 bits per heavy atom. The lowest BCUT2D eigenvalue weighted by atomic mass is 9.12. The molecule has 1 heterocycles. The summed E-state index contributed by atoms with van der Waals surface area (Å²) in [5, 5.41) is 10.8. The van der Waals surface area contributed by atoms with Gasteiger partial charge in [-0.3, -0.25) is 10.1 Å². The van der Waals surface area contributed by atoms with Gasteiger partial charge in [0.1, 0.15) is 6.15 Å². The molecule has 0 aliphatic carbocycles. The molecule has 0 saturated heterocycles. The molecule has 0 atom stereocenters. The highest BCUT2D eigenvalue weighted by Gasteiger charge is 2.47. The van der Waals surface area contributed by atoms with Crippen LogP contribution in [0, 0.1) is 10.1 Å². The predicted molar refractivity (Wildman–Crippen MR) is 234 cm³/mol. The van der Waals surface area contributed by atoms with Crippen molar-refractivity contribution >= 4 is 33.7 Å². The van der Waals surface area contributed by atoms with Gasteiger partial charge in [0.15, 0.2) is 18.9 Å². The van der Waals surface area contributed by atoms with Crippen LogP contribution >= 0.6 is 0 Å². The normalized spacial score (nSPS) is 13.2. The molecule has 7 rings (SSSR count). The first kappa shape index (κ1) is 60.5. The fourth-order valence-corrected chi connectivity index (χ4v) is 8.42. The molecule has 0 saturated carbocycles. The standard InChI is InChI=1S/C32H12BF24.C18H15N2O2/c34-25(35,36)13-1-14(26(37,38)39)6-21(5-13)33(22-7-15(27(40,41)42)2-16(8-22)28(43,44)45,23-9-17(29(46,47)48)3-18(10-23)30(49,50)51)24-11-19(31(52,53)54)4-20(12-24)32(55,56)57;21-20(22)18-8-4-7-17(13-18)16-9-11-19(12-10-16)14-15-5-2-1-3-6-15/h1-12H;1-13H,14H2/q-1;+1. The van der Waals surface area contributed by atoms with Crippen LogP contribution in [0.15, 0.2) is 152 Å². The number of nitro benzene ring substituents is 1. The number of non-ortho nitro benzene ring substituents is 1. The first-order valence-electron chi connectivity index (χ1n) is 21.6. The maximum Gasteiger partial charge on any atom is 0.416 e. The quantitative estimate of drug-likeness (QED) is 0.0500. The van der Waals surface area contributed by atoms with Gasteiger partial charge in [-0.15, -0.1) is 0 Å². The van der Waals surface area contributed by atoms with Crippen molar-refractivity contribution in [1.29, 1.82) is 0 Å². The summed E-state index contributed by atoms with van der Waals surface area (Å²) >= 11 is 0. The Kier molecular flexibility index (Phi) is 16.2. The van der Waals surface area contributed by atoms with Gasteiger partial charge in [0, 0.05) is 29.8 Å². The van der Waals surface area contributed by atoms with Crippen molar-refractivity contribution < 1.29 is 115 Å². The maximum absolute atomic E-state index is 14.2. The largest absolute Gasteiger partial charge is 0.416 e. The molecule has 1 aromatic heterocycles. The van der Waals surface area contributed by atoms with Crippen LogP contribution < -0.4 is 26.4 Å². The number of nitro groups is 1. The van der Waals surface area contributed by atoms with Crippen molar-refractivity contribution in [2.75, 3.05) is 0 Å². The Labute approximate surface area is 427 Å². The Morgan fingerprint density at radius 2 is 0.620 bits per heavy atom. The molecular formula is C50H27BF24N2O2. The molecule has 6 aromatic carbocycles. The summed E-state index contributed by atoms with van der Waals surface area (Å²) in [7, 11) is 0. The Balaban J connectivity index is 0.000000378. The number of halogens is 24. The van der Waals surface area contributed by atoms with Crippen molar-refractivity contribution in [1.82, 2.24) is 0 Å². The molecule has 0 radical (unpaired) electrons. The lowest BCUT2D eigenvalue weighted by Crippen LogP contribution is -2.75. The van der Waals surface area contributed by atoms with E-state index in [0.29, 0.717) is 0 Å². The smallest absolute Gasteiger partial charge is 0.258 e. The number of hydrogen-bond donors (Lipinski definition) is 0. The minimum atomic E-state index is -6.13. The molecular weight excluding hydrogens is 1130 g/mol. The number of alkyl halides is 24. The van der Waals surface area contributed by atoms with Crippen molar-refractivity contribution in [2.45, 2.75) is 56.0 Å². The number of aromatic nitrogens is 1. The van der Waals surface area contributed by atoms with E-state index in [1.54, 1.807) is 12.1 Å². The third-order valence-corrected chi connectivity index (χ3v) is 11.9. The molecule has 0 bridgehead atoms. The van der Waals surface area contributed by atoms with E-state index >= 15 is 0 Å². The molecule has 0 unspecified atom stereocenters. The average Bonchev–Trinajstić information content (AvgIpc) is 3.44. The zero-order valence-electron chi connectivity index (χ0n) is 38.5. The van der Waals surface area contributed by atoms with Gasteiger partial charge >= 0.3 is 49.4 Å². The van der Waals surface area contributed by atoms with E-state index in [1.807, 2.05) is 48.8 Å². The third-order valence-electron chi connectivity index (χ3n) is 11.9. The van der Waals surface area contributed by atoms with Gasteiger partial charge in [-0.2, -0.15) is 127 Å². The van der Waals surface area contributed by atoms with Gasteiger partial charge in [-0.05, 0) is 35.4 Å². The summed E-state index contributed by atoms with van der Waals surface area (Å²) in [6, 6.07) is 12.0. The van der Waals surface area contributed by atoms with Crippen LogP contribution in [0.5, 0.6) is 0 Å². The van der Waals surface area contributed by atoms with Crippen molar-refractivity contribution in [2.24, 2.45) is 0 Å². The Hall–Kier alpha value is -7.75. The SMILES string of the molecule is FC(F)(F)c1cc([B-](c2cc(C(F)(F)F)cc(C(F)(F)F)c2)(c2cc(C(F)(F)F)cc(C(F)(F)F)c2)c2cc(C(F)(F)F)cc(C(F)(F)F)c2)cc(C(F)(F)F)c1.O=[N+]([O-])c1cccc(-c2cc[n+](Cc3ccccc3)cc2)c1. The average molecular weight is 1150 g/mol. The molecule has 0 N–H and O–H groups in total. The summed E-state index contributed by atoms with van der Waals surface area (Å²) in [6.45, 7) is 0.802. The van der Waals surface area contributed by atoms with E-state index in [4.69, 9.17) is 0 Å². The van der Waals surface area contributed by atoms with Gasteiger partial charge < -0.3 is 0 Å². The topological polar surface area (TPSA) is 47.0 Å². The number of nitrogens with zero attached hydrogens (tertiary/aromatic N) is 2. The summed E-state index contributed by atoms with van der Waals surface area (Å²) in [6.07, 6.45) is -50.8. The molecule has 79 heavy (non-hydrogen) atoms. The number of hydrogen-bond acceptors (Lipinski definition) is 2. The number of benzene rings is 6. The van der Waals surface area contributed by atoms with E-state index in [1.165, 1.54) is 11.6 Å². The fourth-order valence-electron chi connectivity index (χ4n) is 8.42. The van der Waals surface area contributed by atoms with Gasteiger partial charge in [-0.25, -0.2) is 4.57 Å². The number of pyridine rings is 1. The molecule has 7 aromatic rings. The van der Waals surface area contributed by atoms with Crippen LogP contribution in [0.1, 0.15) is 50.1 Å².